The Hall–Kier alpha value is -2.67. The van der Waals surface area contributed by atoms with E-state index in [-0.39, 0.29) is 17.0 Å². The molecule has 4 rings (SSSR count). The molecule has 1 aromatic carbocycles. The Morgan fingerprint density at radius 3 is 2.52 bits per heavy atom. The molecule has 7 nitrogen and oxygen atoms in total. The molecule has 1 spiro atoms. The number of para-hydroxylation sites is 1. The van der Waals surface area contributed by atoms with Gasteiger partial charge >= 0.3 is 6.03 Å². The second-order valence-electron chi connectivity index (χ2n) is 10.1. The number of rotatable bonds is 6. The Kier molecular flexibility index (Phi) is 6.61. The smallest absolute Gasteiger partial charge is 0.323 e. The summed E-state index contributed by atoms with van der Waals surface area (Å²) in [6.45, 7) is 8.54. The van der Waals surface area contributed by atoms with Gasteiger partial charge in [0.05, 0.1) is 6.20 Å². The lowest BCUT2D eigenvalue weighted by atomic mass is 9.73. The fraction of sp³-hybridized carbons (Fsp3) is 0.577. The monoisotopic (exact) mass is 450 g/mol. The van der Waals surface area contributed by atoms with Gasteiger partial charge in [0.15, 0.2) is 0 Å². The molecular formula is C26H38N6O. The van der Waals surface area contributed by atoms with Gasteiger partial charge in [-0.05, 0) is 57.3 Å². The van der Waals surface area contributed by atoms with E-state index in [0.29, 0.717) is 0 Å². The number of aromatic nitrogens is 2. The van der Waals surface area contributed by atoms with Gasteiger partial charge in [-0.15, -0.1) is 0 Å². The quantitative estimate of drug-likeness (QED) is 0.666. The lowest BCUT2D eigenvalue weighted by molar-refractivity contribution is 0.0468. The minimum absolute atomic E-state index is 0.0594. The summed E-state index contributed by atoms with van der Waals surface area (Å²) in [5.41, 5.74) is 2.63. The zero-order valence-electron chi connectivity index (χ0n) is 20.8. The SMILES string of the molecule is CCC(C)(CCN(C)c1cnccn1)N1CCC2(CC1)CN(C(=O)N(C)C)c1ccccc12. The number of nitrogens with zero attached hydrogens (tertiary/aromatic N) is 6. The van der Waals surface area contributed by atoms with Gasteiger partial charge in [-0.3, -0.25) is 14.8 Å². The Morgan fingerprint density at radius 1 is 1.15 bits per heavy atom. The predicted octanol–water partition coefficient (Wildman–Crippen LogP) is 4.01. The Balaban J connectivity index is 1.45. The zero-order chi connectivity index (χ0) is 23.6. The van der Waals surface area contributed by atoms with Crippen molar-refractivity contribution in [3.63, 3.8) is 0 Å². The average molecular weight is 451 g/mol. The van der Waals surface area contributed by atoms with Crippen LogP contribution in [0.25, 0.3) is 0 Å². The van der Waals surface area contributed by atoms with Gasteiger partial charge in [0.1, 0.15) is 5.82 Å². The summed E-state index contributed by atoms with van der Waals surface area (Å²) in [5.74, 6) is 0.918. The summed E-state index contributed by atoms with van der Waals surface area (Å²) < 4.78 is 0. The maximum Gasteiger partial charge on any atom is 0.323 e. The van der Waals surface area contributed by atoms with E-state index in [0.717, 1.165) is 63.4 Å². The van der Waals surface area contributed by atoms with E-state index in [2.05, 4.69) is 58.9 Å². The molecule has 1 aromatic heterocycles. The second kappa shape index (κ2) is 9.29. The fourth-order valence-electron chi connectivity index (χ4n) is 5.51. The van der Waals surface area contributed by atoms with Crippen LogP contribution in [0.1, 0.15) is 45.1 Å². The molecule has 2 amide bonds. The van der Waals surface area contributed by atoms with Crippen LogP contribution in [0.2, 0.25) is 0 Å². The largest absolute Gasteiger partial charge is 0.358 e. The molecule has 0 saturated carbocycles. The van der Waals surface area contributed by atoms with Crippen molar-refractivity contribution in [2.24, 2.45) is 0 Å². The molecule has 2 aromatic rings. The highest BCUT2D eigenvalue weighted by Gasteiger charge is 2.48. The first-order valence-electron chi connectivity index (χ1n) is 12.1. The number of amides is 2. The molecule has 33 heavy (non-hydrogen) atoms. The molecule has 2 aliphatic heterocycles. The van der Waals surface area contributed by atoms with Gasteiger partial charge in [0.25, 0.3) is 0 Å². The number of carbonyl (C=O) groups excluding carboxylic acids is 1. The minimum atomic E-state index is 0.0594. The molecule has 2 aliphatic rings. The molecule has 1 fully saturated rings. The number of benzene rings is 1. The Bertz CT molecular complexity index is 956. The zero-order valence-corrected chi connectivity index (χ0v) is 20.8. The molecular weight excluding hydrogens is 412 g/mol. The third kappa shape index (κ3) is 4.43. The highest BCUT2D eigenvalue weighted by Crippen LogP contribution is 2.48. The van der Waals surface area contributed by atoms with Crippen molar-refractivity contribution in [2.75, 3.05) is 57.1 Å². The highest BCUT2D eigenvalue weighted by atomic mass is 16.2. The van der Waals surface area contributed by atoms with Gasteiger partial charge in [0, 0.05) is 63.3 Å². The summed E-state index contributed by atoms with van der Waals surface area (Å²) >= 11 is 0. The van der Waals surface area contributed by atoms with Crippen molar-refractivity contribution in [3.8, 4) is 0 Å². The third-order valence-corrected chi connectivity index (χ3v) is 8.01. The van der Waals surface area contributed by atoms with E-state index in [1.165, 1.54) is 5.56 Å². The van der Waals surface area contributed by atoms with Crippen molar-refractivity contribution < 1.29 is 4.79 Å². The molecule has 1 saturated heterocycles. The van der Waals surface area contributed by atoms with Crippen molar-refractivity contribution in [1.29, 1.82) is 0 Å². The van der Waals surface area contributed by atoms with E-state index in [1.54, 1.807) is 17.3 Å². The maximum atomic E-state index is 12.9. The van der Waals surface area contributed by atoms with Crippen LogP contribution in [-0.2, 0) is 5.41 Å². The topological polar surface area (TPSA) is 55.8 Å². The van der Waals surface area contributed by atoms with Crippen LogP contribution in [0.4, 0.5) is 16.3 Å². The molecule has 1 atom stereocenters. The molecule has 0 radical (unpaired) electrons. The van der Waals surface area contributed by atoms with E-state index >= 15 is 0 Å². The number of likely N-dealkylation sites (tertiary alicyclic amines) is 1. The Labute approximate surface area is 198 Å². The van der Waals surface area contributed by atoms with Crippen molar-refractivity contribution in [3.05, 3.63) is 48.4 Å². The van der Waals surface area contributed by atoms with E-state index in [1.807, 2.05) is 31.3 Å². The van der Waals surface area contributed by atoms with Crippen LogP contribution < -0.4 is 9.80 Å². The predicted molar refractivity (Wildman–Crippen MR) is 134 cm³/mol. The van der Waals surface area contributed by atoms with Gasteiger partial charge in [-0.25, -0.2) is 9.78 Å². The second-order valence-corrected chi connectivity index (χ2v) is 10.1. The van der Waals surface area contributed by atoms with Crippen LogP contribution >= 0.6 is 0 Å². The Morgan fingerprint density at radius 2 is 1.88 bits per heavy atom. The minimum Gasteiger partial charge on any atom is -0.358 e. The van der Waals surface area contributed by atoms with Gasteiger partial charge in [-0.2, -0.15) is 0 Å². The van der Waals surface area contributed by atoms with Crippen LogP contribution in [0.3, 0.4) is 0 Å². The first-order valence-corrected chi connectivity index (χ1v) is 12.1. The molecule has 0 N–H and O–H groups in total. The standard InChI is InChI=1S/C26H38N6O/c1-6-25(2,11-16-30(5)23-19-27-14-15-28-23)31-17-12-26(13-18-31)20-32(24(33)29(3)4)22-10-8-7-9-21(22)26/h7-10,14-15,19H,6,11-13,16-18,20H2,1-5H3. The van der Waals surface area contributed by atoms with Crippen LogP contribution in [0.15, 0.2) is 42.9 Å². The number of carbonyl (C=O) groups is 1. The summed E-state index contributed by atoms with van der Waals surface area (Å²) in [5, 5.41) is 0. The number of urea groups is 1. The maximum absolute atomic E-state index is 12.9. The number of anilines is 2. The number of hydrogen-bond donors (Lipinski definition) is 0. The lowest BCUT2D eigenvalue weighted by Gasteiger charge is -2.48. The van der Waals surface area contributed by atoms with E-state index in [9.17, 15) is 4.79 Å². The number of hydrogen-bond acceptors (Lipinski definition) is 5. The third-order valence-electron chi connectivity index (χ3n) is 8.01. The summed E-state index contributed by atoms with van der Waals surface area (Å²) in [4.78, 5) is 30.1. The molecule has 3 heterocycles. The van der Waals surface area contributed by atoms with Gasteiger partial charge in [0.2, 0.25) is 0 Å². The summed E-state index contributed by atoms with van der Waals surface area (Å²) in [6, 6.07) is 8.59. The molecule has 7 heteroatoms. The average Bonchev–Trinajstić information content (AvgIpc) is 3.16. The van der Waals surface area contributed by atoms with E-state index < -0.39 is 0 Å². The van der Waals surface area contributed by atoms with Gasteiger partial charge in [-0.1, -0.05) is 25.1 Å². The van der Waals surface area contributed by atoms with Crippen molar-refractivity contribution in [2.45, 2.75) is 50.5 Å². The van der Waals surface area contributed by atoms with Crippen LogP contribution in [0.5, 0.6) is 0 Å². The normalized spacial score (nSPS) is 19.2. The molecule has 0 aliphatic carbocycles. The fourth-order valence-corrected chi connectivity index (χ4v) is 5.51. The summed E-state index contributed by atoms with van der Waals surface area (Å²) in [7, 11) is 5.77. The van der Waals surface area contributed by atoms with Crippen LogP contribution in [-0.4, -0.2) is 78.7 Å². The van der Waals surface area contributed by atoms with Gasteiger partial charge < -0.3 is 9.80 Å². The summed E-state index contributed by atoms with van der Waals surface area (Å²) in [6.07, 6.45) is 9.63. The number of fused-ring (bicyclic) bond motifs is 2. The highest BCUT2D eigenvalue weighted by molar-refractivity contribution is 5.95. The lowest BCUT2D eigenvalue weighted by Crippen LogP contribution is -2.55. The van der Waals surface area contributed by atoms with Crippen molar-refractivity contribution in [1.82, 2.24) is 19.8 Å². The van der Waals surface area contributed by atoms with E-state index in [4.69, 9.17) is 0 Å². The van der Waals surface area contributed by atoms with Crippen molar-refractivity contribution >= 4 is 17.5 Å². The molecule has 1 unspecified atom stereocenters. The molecule has 0 bridgehead atoms. The number of piperidine rings is 1. The van der Waals surface area contributed by atoms with Crippen LogP contribution in [0, 0.1) is 0 Å². The first kappa shape index (κ1) is 23.5. The first-order chi connectivity index (χ1) is 15.8. The molecule has 178 valence electrons.